The summed E-state index contributed by atoms with van der Waals surface area (Å²) in [6.07, 6.45) is 0. The minimum atomic E-state index is -0.275. The lowest BCUT2D eigenvalue weighted by Gasteiger charge is -2.06. The summed E-state index contributed by atoms with van der Waals surface area (Å²) in [5, 5.41) is 9.42. The Morgan fingerprint density at radius 3 is 2.79 bits per heavy atom. The second-order valence-electron chi connectivity index (χ2n) is 5.10. The van der Waals surface area contributed by atoms with Gasteiger partial charge in [-0.25, -0.2) is 9.48 Å². The van der Waals surface area contributed by atoms with Crippen LogP contribution in [-0.2, 0) is 13.6 Å². The highest BCUT2D eigenvalue weighted by molar-refractivity contribution is 7.13. The molecule has 0 aliphatic heterocycles. The maximum absolute atomic E-state index is 12.2. The number of hydrogen-bond donors (Lipinski definition) is 1. The molecule has 24 heavy (non-hydrogen) atoms. The van der Waals surface area contributed by atoms with Crippen LogP contribution in [0.3, 0.4) is 0 Å². The van der Waals surface area contributed by atoms with Gasteiger partial charge in [-0.3, -0.25) is 9.36 Å². The number of nitrogens with one attached hydrogen (secondary N) is 1. The highest BCUT2D eigenvalue weighted by atomic mass is 35.5. The van der Waals surface area contributed by atoms with Gasteiger partial charge in [-0.05, 0) is 23.6 Å². The first-order valence-electron chi connectivity index (χ1n) is 7.28. The van der Waals surface area contributed by atoms with Gasteiger partial charge in [-0.2, -0.15) is 0 Å². The molecule has 2 aromatic heterocycles. The second kappa shape index (κ2) is 7.02. The molecule has 0 saturated heterocycles. The van der Waals surface area contributed by atoms with Crippen molar-refractivity contribution in [1.82, 2.24) is 19.7 Å². The Morgan fingerprint density at radius 1 is 1.29 bits per heavy atom. The van der Waals surface area contributed by atoms with Crippen molar-refractivity contribution >= 4 is 28.8 Å². The number of aromatic nitrogens is 3. The monoisotopic (exact) mass is 362 g/mol. The summed E-state index contributed by atoms with van der Waals surface area (Å²) in [6.45, 7) is 0.569. The van der Waals surface area contributed by atoms with Gasteiger partial charge in [0.15, 0.2) is 5.82 Å². The Hall–Kier alpha value is -2.38. The van der Waals surface area contributed by atoms with E-state index in [2.05, 4.69) is 10.4 Å². The van der Waals surface area contributed by atoms with E-state index in [0.29, 0.717) is 16.4 Å². The third-order valence-electron chi connectivity index (χ3n) is 3.51. The summed E-state index contributed by atoms with van der Waals surface area (Å²) < 4.78 is 2.85. The minimum absolute atomic E-state index is 0.217. The van der Waals surface area contributed by atoms with E-state index in [9.17, 15) is 9.59 Å². The first-order valence-corrected chi connectivity index (χ1v) is 8.54. The molecule has 1 N–H and O–H groups in total. The van der Waals surface area contributed by atoms with Crippen molar-refractivity contribution in [2.45, 2.75) is 6.54 Å². The van der Waals surface area contributed by atoms with E-state index in [1.165, 1.54) is 20.6 Å². The number of benzene rings is 1. The average Bonchev–Trinajstić information content (AvgIpc) is 3.19. The third kappa shape index (κ3) is 3.27. The molecule has 0 saturated carbocycles. The number of halogens is 1. The molecule has 6 nitrogen and oxygen atoms in total. The largest absolute Gasteiger partial charge is 0.350 e. The number of rotatable bonds is 5. The Morgan fingerprint density at radius 2 is 2.08 bits per heavy atom. The maximum atomic E-state index is 12.2. The van der Waals surface area contributed by atoms with Crippen LogP contribution < -0.4 is 11.0 Å². The first kappa shape index (κ1) is 16.5. The maximum Gasteiger partial charge on any atom is 0.346 e. The summed E-state index contributed by atoms with van der Waals surface area (Å²) in [6, 6.07) is 10.6. The molecule has 3 aromatic rings. The standard InChI is InChI=1S/C16H15ClN4O2S/c1-20-14(13-7-4-10-24-13)19-21(16(20)23)9-8-18-15(22)11-5-2-3-6-12(11)17/h2-7,10H,8-9H2,1H3,(H,18,22). The van der Waals surface area contributed by atoms with Gasteiger partial charge in [0.1, 0.15) is 0 Å². The second-order valence-corrected chi connectivity index (χ2v) is 6.46. The highest BCUT2D eigenvalue weighted by Gasteiger charge is 2.13. The topological polar surface area (TPSA) is 68.9 Å². The fourth-order valence-corrected chi connectivity index (χ4v) is 3.24. The van der Waals surface area contributed by atoms with Crippen molar-refractivity contribution in [3.05, 3.63) is 62.8 Å². The van der Waals surface area contributed by atoms with Crippen molar-refractivity contribution in [3.8, 4) is 10.7 Å². The van der Waals surface area contributed by atoms with E-state index < -0.39 is 0 Å². The number of nitrogens with zero attached hydrogens (tertiary/aromatic N) is 3. The van der Waals surface area contributed by atoms with Crippen LogP contribution >= 0.6 is 22.9 Å². The Bertz CT molecular complexity index is 915. The van der Waals surface area contributed by atoms with E-state index in [1.54, 1.807) is 31.3 Å². The van der Waals surface area contributed by atoms with Crippen LogP contribution in [0.5, 0.6) is 0 Å². The lowest BCUT2D eigenvalue weighted by atomic mass is 10.2. The molecule has 0 atom stereocenters. The molecule has 0 aliphatic rings. The first-order chi connectivity index (χ1) is 11.6. The molecule has 0 aliphatic carbocycles. The Balaban J connectivity index is 1.68. The van der Waals surface area contributed by atoms with Crippen LogP contribution in [-0.4, -0.2) is 26.8 Å². The molecule has 3 rings (SSSR count). The normalized spacial score (nSPS) is 10.8. The van der Waals surface area contributed by atoms with Crippen LogP contribution in [0.1, 0.15) is 10.4 Å². The quantitative estimate of drug-likeness (QED) is 0.757. The summed E-state index contributed by atoms with van der Waals surface area (Å²) in [5.41, 5.74) is 0.192. The van der Waals surface area contributed by atoms with Crippen molar-refractivity contribution < 1.29 is 4.79 Å². The van der Waals surface area contributed by atoms with Crippen molar-refractivity contribution in [3.63, 3.8) is 0 Å². The van der Waals surface area contributed by atoms with Gasteiger partial charge in [0.05, 0.1) is 22.0 Å². The molecule has 0 fully saturated rings. The van der Waals surface area contributed by atoms with Crippen LogP contribution in [0, 0.1) is 0 Å². The van der Waals surface area contributed by atoms with Gasteiger partial charge in [0.2, 0.25) is 0 Å². The Kier molecular flexibility index (Phi) is 4.82. The van der Waals surface area contributed by atoms with E-state index >= 15 is 0 Å². The van der Waals surface area contributed by atoms with Gasteiger partial charge < -0.3 is 5.32 Å². The van der Waals surface area contributed by atoms with Crippen molar-refractivity contribution in [2.75, 3.05) is 6.54 Å². The number of hydrogen-bond acceptors (Lipinski definition) is 4. The van der Waals surface area contributed by atoms with Gasteiger partial charge >= 0.3 is 5.69 Å². The van der Waals surface area contributed by atoms with Crippen LogP contribution in [0.15, 0.2) is 46.6 Å². The lowest BCUT2D eigenvalue weighted by Crippen LogP contribution is -2.31. The molecule has 2 heterocycles. The van der Waals surface area contributed by atoms with Gasteiger partial charge in [0, 0.05) is 13.6 Å². The third-order valence-corrected chi connectivity index (χ3v) is 4.71. The van der Waals surface area contributed by atoms with Crippen LogP contribution in [0.4, 0.5) is 0 Å². The van der Waals surface area contributed by atoms with Crippen LogP contribution in [0.2, 0.25) is 5.02 Å². The molecule has 0 bridgehead atoms. The number of amides is 1. The Labute approximate surface area is 147 Å². The van der Waals surface area contributed by atoms with Gasteiger partial charge in [0.25, 0.3) is 5.91 Å². The highest BCUT2D eigenvalue weighted by Crippen LogP contribution is 2.20. The zero-order valence-electron chi connectivity index (χ0n) is 12.9. The zero-order chi connectivity index (χ0) is 17.1. The van der Waals surface area contributed by atoms with E-state index in [4.69, 9.17) is 11.6 Å². The number of carbonyl (C=O) groups is 1. The zero-order valence-corrected chi connectivity index (χ0v) is 14.5. The smallest absolute Gasteiger partial charge is 0.346 e. The minimum Gasteiger partial charge on any atom is -0.350 e. The lowest BCUT2D eigenvalue weighted by molar-refractivity contribution is 0.0952. The van der Waals surface area contributed by atoms with E-state index in [0.717, 1.165) is 4.88 Å². The predicted molar refractivity (Wildman–Crippen MR) is 94.6 cm³/mol. The number of thiophene rings is 1. The van der Waals surface area contributed by atoms with Crippen LogP contribution in [0.25, 0.3) is 10.7 Å². The number of carbonyl (C=O) groups excluding carboxylic acids is 1. The molecule has 1 amide bonds. The molecule has 0 radical (unpaired) electrons. The fourth-order valence-electron chi connectivity index (χ4n) is 2.27. The van der Waals surface area contributed by atoms with Gasteiger partial charge in [-0.15, -0.1) is 16.4 Å². The average molecular weight is 363 g/mol. The molecule has 8 heteroatoms. The molecular formula is C16H15ClN4O2S. The van der Waals surface area contributed by atoms with E-state index in [1.807, 2.05) is 17.5 Å². The molecule has 0 unspecified atom stereocenters. The SMILES string of the molecule is Cn1c(-c2cccs2)nn(CCNC(=O)c2ccccc2Cl)c1=O. The summed E-state index contributed by atoms with van der Waals surface area (Å²) in [5.74, 6) is 0.343. The summed E-state index contributed by atoms with van der Waals surface area (Å²) in [4.78, 5) is 25.2. The summed E-state index contributed by atoms with van der Waals surface area (Å²) >= 11 is 7.51. The summed E-state index contributed by atoms with van der Waals surface area (Å²) in [7, 11) is 1.68. The van der Waals surface area contributed by atoms with Gasteiger partial charge in [-0.1, -0.05) is 29.8 Å². The molecular weight excluding hydrogens is 348 g/mol. The van der Waals surface area contributed by atoms with Crippen molar-refractivity contribution in [2.24, 2.45) is 7.05 Å². The van der Waals surface area contributed by atoms with Crippen molar-refractivity contribution in [1.29, 1.82) is 0 Å². The molecule has 1 aromatic carbocycles. The molecule has 124 valence electrons. The molecule has 0 spiro atoms. The fraction of sp³-hybridized carbons (Fsp3) is 0.188. The predicted octanol–water partition coefficient (Wildman–Crippen LogP) is 2.39. The van der Waals surface area contributed by atoms with E-state index in [-0.39, 0.29) is 24.7 Å².